The predicted molar refractivity (Wildman–Crippen MR) is 171 cm³/mol. The lowest BCUT2D eigenvalue weighted by Gasteiger charge is -2.27. The minimum atomic E-state index is -0.719. The molecule has 9 heteroatoms. The molecule has 0 radical (unpaired) electrons. The van der Waals surface area contributed by atoms with Crippen molar-refractivity contribution < 1.29 is 28.7 Å². The third-order valence-electron chi connectivity index (χ3n) is 7.52. The van der Waals surface area contributed by atoms with Gasteiger partial charge in [0.15, 0.2) is 18.2 Å². The van der Waals surface area contributed by atoms with Crippen LogP contribution in [0.25, 0.3) is 0 Å². The first-order chi connectivity index (χ1) is 20.3. The van der Waals surface area contributed by atoms with E-state index in [0.29, 0.717) is 6.42 Å². The number of carbonyl (C=O) groups excluding carboxylic acids is 4. The highest BCUT2D eigenvalue weighted by molar-refractivity contribution is 5.82. The maximum atomic E-state index is 12.4. The standard InChI is InChI=1S/C35H47N3O6/c1-11-29(40)22-43-30(41)20-32(3,4)27-13-12-14-28(19-27)34(7,8)37-23-36-33(5,6)25-15-17-26(18-16-25)35(9,10)38-31(42)44-21-24(2)39/h12-19H,11,20-22H2,1-10H3,(H,38,42). The Balaban J connectivity index is 2.17. The largest absolute Gasteiger partial charge is 0.458 e. The summed E-state index contributed by atoms with van der Waals surface area (Å²) >= 11 is 0. The molecule has 0 aliphatic rings. The fourth-order valence-corrected chi connectivity index (χ4v) is 4.33. The van der Waals surface area contributed by atoms with Crippen molar-refractivity contribution in [2.24, 2.45) is 9.98 Å². The Labute approximate surface area is 261 Å². The molecular weight excluding hydrogens is 558 g/mol. The molecule has 44 heavy (non-hydrogen) atoms. The number of hydrogen-bond donors (Lipinski definition) is 1. The van der Waals surface area contributed by atoms with Gasteiger partial charge in [-0.15, -0.1) is 0 Å². The van der Waals surface area contributed by atoms with E-state index >= 15 is 0 Å². The average molecular weight is 606 g/mol. The zero-order valence-electron chi connectivity index (χ0n) is 27.8. The van der Waals surface area contributed by atoms with E-state index in [1.807, 2.05) is 104 Å². The molecule has 0 aliphatic carbocycles. The van der Waals surface area contributed by atoms with Gasteiger partial charge < -0.3 is 14.8 Å². The zero-order chi connectivity index (χ0) is 33.3. The van der Waals surface area contributed by atoms with Crippen molar-refractivity contribution in [2.45, 2.75) is 104 Å². The fourth-order valence-electron chi connectivity index (χ4n) is 4.33. The van der Waals surface area contributed by atoms with Crippen LogP contribution in [-0.2, 0) is 45.9 Å². The van der Waals surface area contributed by atoms with Crippen LogP contribution in [0.2, 0.25) is 0 Å². The van der Waals surface area contributed by atoms with Crippen molar-refractivity contribution >= 4 is 29.6 Å². The zero-order valence-corrected chi connectivity index (χ0v) is 27.8. The Morgan fingerprint density at radius 1 is 0.750 bits per heavy atom. The van der Waals surface area contributed by atoms with E-state index < -0.39 is 34.1 Å². The minimum absolute atomic E-state index is 0.109. The van der Waals surface area contributed by atoms with E-state index in [9.17, 15) is 19.2 Å². The minimum Gasteiger partial charge on any atom is -0.458 e. The molecule has 0 spiro atoms. The highest BCUT2D eigenvalue weighted by Gasteiger charge is 2.29. The monoisotopic (exact) mass is 605 g/mol. The number of esters is 1. The molecule has 1 amide bonds. The fraction of sp³-hybridized carbons (Fsp3) is 0.514. The van der Waals surface area contributed by atoms with Gasteiger partial charge >= 0.3 is 12.1 Å². The first kappa shape index (κ1) is 36.1. The summed E-state index contributed by atoms with van der Waals surface area (Å²) in [6.45, 7) is 18.2. The summed E-state index contributed by atoms with van der Waals surface area (Å²) < 4.78 is 10.1. The van der Waals surface area contributed by atoms with E-state index in [2.05, 4.69) is 21.3 Å². The molecule has 2 aromatic rings. The van der Waals surface area contributed by atoms with Crippen LogP contribution in [0.3, 0.4) is 0 Å². The van der Waals surface area contributed by atoms with E-state index in [0.717, 1.165) is 22.3 Å². The van der Waals surface area contributed by atoms with Gasteiger partial charge in [-0.1, -0.05) is 69.3 Å². The Kier molecular flexibility index (Phi) is 12.0. The SMILES string of the molecule is CCC(=O)COC(=O)CC(C)(C)c1cccc(C(C)(C)N=C=NC(C)(C)c2ccc(C(C)(C)NC(=O)OCC(C)=O)cc2)c1. The molecule has 1 N–H and O–H groups in total. The summed E-state index contributed by atoms with van der Waals surface area (Å²) in [4.78, 5) is 56.4. The van der Waals surface area contributed by atoms with Crippen LogP contribution in [-0.4, -0.2) is 42.9 Å². The quantitative estimate of drug-likeness (QED) is 0.187. The van der Waals surface area contributed by atoms with Crippen molar-refractivity contribution in [3.63, 3.8) is 0 Å². The summed E-state index contributed by atoms with van der Waals surface area (Å²) in [7, 11) is 0. The molecule has 0 aromatic heterocycles. The van der Waals surface area contributed by atoms with Gasteiger partial charge in [0.1, 0.15) is 6.61 Å². The topological polar surface area (TPSA) is 123 Å². The summed E-state index contributed by atoms with van der Waals surface area (Å²) in [6, 6.07) is 18.6. The average Bonchev–Trinajstić information content (AvgIpc) is 2.94. The van der Waals surface area contributed by atoms with Gasteiger partial charge in [-0.25, -0.2) is 14.8 Å². The van der Waals surface area contributed by atoms with E-state index in [-0.39, 0.29) is 31.2 Å². The van der Waals surface area contributed by atoms with Crippen molar-refractivity contribution in [2.75, 3.05) is 13.2 Å². The molecule has 9 nitrogen and oxygen atoms in total. The van der Waals surface area contributed by atoms with Gasteiger partial charge in [0, 0.05) is 11.8 Å². The molecule has 0 atom stereocenters. The molecule has 2 rings (SSSR count). The lowest BCUT2D eigenvalue weighted by molar-refractivity contribution is -0.149. The van der Waals surface area contributed by atoms with Crippen LogP contribution in [0.1, 0.15) is 104 Å². The first-order valence-electron chi connectivity index (χ1n) is 14.8. The molecule has 0 saturated carbocycles. The van der Waals surface area contributed by atoms with Crippen molar-refractivity contribution in [3.05, 3.63) is 70.8 Å². The highest BCUT2D eigenvalue weighted by Crippen LogP contribution is 2.33. The number of aliphatic imine (C=N–C) groups is 2. The van der Waals surface area contributed by atoms with Crippen LogP contribution in [0, 0.1) is 0 Å². The second kappa shape index (κ2) is 14.6. The molecule has 0 aliphatic heterocycles. The molecule has 238 valence electrons. The maximum Gasteiger partial charge on any atom is 0.408 e. The number of hydrogen-bond acceptors (Lipinski definition) is 8. The first-order valence-corrected chi connectivity index (χ1v) is 14.8. The van der Waals surface area contributed by atoms with Crippen LogP contribution >= 0.6 is 0 Å². The third-order valence-corrected chi connectivity index (χ3v) is 7.52. The van der Waals surface area contributed by atoms with E-state index in [1.54, 1.807) is 6.92 Å². The number of nitrogens with zero attached hydrogens (tertiary/aromatic N) is 2. The lowest BCUT2D eigenvalue weighted by Crippen LogP contribution is -2.41. The highest BCUT2D eigenvalue weighted by atomic mass is 16.6. The lowest BCUT2D eigenvalue weighted by atomic mass is 9.79. The van der Waals surface area contributed by atoms with Gasteiger partial charge in [0.2, 0.25) is 0 Å². The van der Waals surface area contributed by atoms with Crippen LogP contribution in [0.15, 0.2) is 58.5 Å². The van der Waals surface area contributed by atoms with Crippen LogP contribution in [0.4, 0.5) is 4.79 Å². The Morgan fingerprint density at radius 2 is 1.30 bits per heavy atom. The van der Waals surface area contributed by atoms with E-state index in [1.165, 1.54) is 6.92 Å². The smallest absolute Gasteiger partial charge is 0.408 e. The number of ketones is 2. The van der Waals surface area contributed by atoms with Gasteiger partial charge in [-0.2, -0.15) is 0 Å². The summed E-state index contributed by atoms with van der Waals surface area (Å²) in [5.41, 5.74) is 1.20. The number of amides is 1. The number of Topliss-reactive ketones (excluding diaryl/α,β-unsaturated/α-hetero) is 2. The number of ether oxygens (including phenoxy) is 2. The Morgan fingerprint density at radius 3 is 1.86 bits per heavy atom. The molecule has 0 fully saturated rings. The van der Waals surface area contributed by atoms with Crippen LogP contribution < -0.4 is 5.32 Å². The molecule has 0 heterocycles. The number of alkyl carbamates (subject to hydrolysis) is 1. The van der Waals surface area contributed by atoms with Crippen molar-refractivity contribution in [1.82, 2.24) is 5.32 Å². The van der Waals surface area contributed by atoms with Crippen molar-refractivity contribution in [1.29, 1.82) is 0 Å². The summed E-state index contributed by atoms with van der Waals surface area (Å²) in [6.07, 6.45) is -0.181. The maximum absolute atomic E-state index is 12.4. The van der Waals surface area contributed by atoms with Crippen LogP contribution in [0.5, 0.6) is 0 Å². The predicted octanol–water partition coefficient (Wildman–Crippen LogP) is 6.77. The summed E-state index contributed by atoms with van der Waals surface area (Å²) in [5, 5.41) is 2.79. The van der Waals surface area contributed by atoms with Crippen molar-refractivity contribution in [3.8, 4) is 0 Å². The number of carbonyl (C=O) groups is 4. The Bertz CT molecular complexity index is 1410. The Hall–Kier alpha value is -4.10. The second-order valence-corrected chi connectivity index (χ2v) is 13.2. The second-order valence-electron chi connectivity index (χ2n) is 13.2. The van der Waals surface area contributed by atoms with Gasteiger partial charge in [0.05, 0.1) is 29.0 Å². The number of rotatable bonds is 14. The van der Waals surface area contributed by atoms with E-state index in [4.69, 9.17) is 9.47 Å². The third kappa shape index (κ3) is 10.6. The molecule has 0 saturated heterocycles. The molecule has 2 aromatic carbocycles. The summed E-state index contributed by atoms with van der Waals surface area (Å²) in [5.74, 6) is -0.747. The number of benzene rings is 2. The molecular formula is C35H47N3O6. The normalized spacial score (nSPS) is 12.0. The molecule has 0 unspecified atom stereocenters. The number of nitrogens with one attached hydrogen (secondary N) is 1. The molecule has 0 bridgehead atoms. The van der Waals surface area contributed by atoms with Gasteiger partial charge in [-0.3, -0.25) is 14.4 Å². The van der Waals surface area contributed by atoms with Gasteiger partial charge in [0.25, 0.3) is 0 Å². The van der Waals surface area contributed by atoms with Gasteiger partial charge in [-0.05, 0) is 70.7 Å².